The van der Waals surface area contributed by atoms with Gasteiger partial charge in [-0.1, -0.05) is 13.0 Å². The molecule has 0 unspecified atom stereocenters. The molecular weight excluding hydrogens is 364 g/mol. The van der Waals surface area contributed by atoms with Gasteiger partial charge in [0.2, 0.25) is 0 Å². The van der Waals surface area contributed by atoms with Crippen molar-refractivity contribution in [2.24, 2.45) is 0 Å². The molecule has 0 aliphatic carbocycles. The second-order valence-electron chi connectivity index (χ2n) is 6.58. The molecule has 3 aromatic heterocycles. The highest BCUT2D eigenvalue weighted by molar-refractivity contribution is 7.20. The lowest BCUT2D eigenvalue weighted by Gasteiger charge is -2.17. The number of aryl methyl sites for hydroxylation is 1. The Morgan fingerprint density at radius 2 is 2.15 bits per heavy atom. The summed E-state index contributed by atoms with van der Waals surface area (Å²) in [6.45, 7) is 5.90. The summed E-state index contributed by atoms with van der Waals surface area (Å²) in [5.41, 5.74) is 0.992. The number of aromatic nitrogens is 2. The van der Waals surface area contributed by atoms with Crippen LogP contribution in [-0.2, 0) is 0 Å². The number of fused-ring (bicyclic) bond motifs is 1. The van der Waals surface area contributed by atoms with E-state index in [9.17, 15) is 4.79 Å². The van der Waals surface area contributed by atoms with Gasteiger partial charge >= 0.3 is 0 Å². The Balaban J connectivity index is 1.71. The number of anilines is 1. The predicted octanol–water partition coefficient (Wildman–Crippen LogP) is 4.86. The molecule has 1 N–H and O–H groups in total. The molecule has 0 spiro atoms. The molecule has 7 heteroatoms. The van der Waals surface area contributed by atoms with E-state index in [-0.39, 0.29) is 11.9 Å². The summed E-state index contributed by atoms with van der Waals surface area (Å²) in [6, 6.07) is 4.43. The molecule has 5 nitrogen and oxygen atoms in total. The van der Waals surface area contributed by atoms with Gasteiger partial charge in [0, 0.05) is 18.0 Å². The van der Waals surface area contributed by atoms with E-state index in [0.717, 1.165) is 58.8 Å². The van der Waals surface area contributed by atoms with Crippen LogP contribution in [0.5, 0.6) is 0 Å². The van der Waals surface area contributed by atoms with Gasteiger partial charge in [-0.05, 0) is 43.2 Å². The third kappa shape index (κ3) is 3.10. The van der Waals surface area contributed by atoms with Crippen LogP contribution in [0, 0.1) is 6.92 Å². The maximum absolute atomic E-state index is 12.9. The summed E-state index contributed by atoms with van der Waals surface area (Å²) < 4.78 is 0. The minimum absolute atomic E-state index is 0.138. The molecule has 26 heavy (non-hydrogen) atoms. The Morgan fingerprint density at radius 1 is 1.35 bits per heavy atom. The van der Waals surface area contributed by atoms with E-state index in [4.69, 9.17) is 0 Å². The molecular formula is C19H22N4OS2. The van der Waals surface area contributed by atoms with Crippen LogP contribution in [0.2, 0.25) is 0 Å². The fraction of sp³-hybridized carbons (Fsp3) is 0.421. The number of carbonyl (C=O) groups is 1. The fourth-order valence-corrected chi connectivity index (χ4v) is 5.46. The highest BCUT2D eigenvalue weighted by Gasteiger charge is 2.26. The van der Waals surface area contributed by atoms with Gasteiger partial charge < -0.3 is 10.2 Å². The summed E-state index contributed by atoms with van der Waals surface area (Å²) in [5, 5.41) is 6.65. The number of carbonyl (C=O) groups excluding carboxylic acids is 1. The maximum Gasteiger partial charge on any atom is 0.264 e. The van der Waals surface area contributed by atoms with Gasteiger partial charge in [0.05, 0.1) is 16.3 Å². The zero-order valence-electron chi connectivity index (χ0n) is 15.0. The van der Waals surface area contributed by atoms with Gasteiger partial charge in [0.25, 0.3) is 5.91 Å². The predicted molar refractivity (Wildman–Crippen MR) is 108 cm³/mol. The number of hydrogen-bond donors (Lipinski definition) is 1. The SMILES string of the molecule is CC[C@H](Nc1ncnc2sc(C(=O)N3CCCC3)c(C)c12)c1cccs1. The van der Waals surface area contributed by atoms with E-state index in [2.05, 4.69) is 39.7 Å². The number of nitrogens with zero attached hydrogens (tertiary/aromatic N) is 3. The third-order valence-electron chi connectivity index (χ3n) is 4.92. The Labute approximate surface area is 161 Å². The maximum atomic E-state index is 12.9. The lowest BCUT2D eigenvalue weighted by atomic mass is 10.1. The molecule has 0 radical (unpaired) electrons. The van der Waals surface area contributed by atoms with E-state index >= 15 is 0 Å². The fourth-order valence-electron chi connectivity index (χ4n) is 3.48. The van der Waals surface area contributed by atoms with Crippen molar-refractivity contribution in [2.75, 3.05) is 18.4 Å². The number of nitrogens with one attached hydrogen (secondary N) is 1. The molecule has 3 aromatic rings. The van der Waals surface area contributed by atoms with Crippen molar-refractivity contribution in [1.29, 1.82) is 0 Å². The molecule has 136 valence electrons. The minimum atomic E-state index is 0.138. The number of likely N-dealkylation sites (tertiary alicyclic amines) is 1. The van der Waals surface area contributed by atoms with Crippen molar-refractivity contribution in [3.05, 3.63) is 39.2 Å². The van der Waals surface area contributed by atoms with Gasteiger partial charge in [-0.3, -0.25) is 4.79 Å². The van der Waals surface area contributed by atoms with Crippen molar-refractivity contribution < 1.29 is 4.79 Å². The van der Waals surface area contributed by atoms with Gasteiger partial charge in [-0.25, -0.2) is 9.97 Å². The molecule has 1 amide bonds. The van der Waals surface area contributed by atoms with Crippen LogP contribution < -0.4 is 5.32 Å². The van der Waals surface area contributed by atoms with Crippen LogP contribution in [0.15, 0.2) is 23.8 Å². The quantitative estimate of drug-likeness (QED) is 0.680. The number of thiophene rings is 2. The van der Waals surface area contributed by atoms with E-state index in [1.165, 1.54) is 16.2 Å². The first-order valence-electron chi connectivity index (χ1n) is 9.02. The Bertz CT molecular complexity index is 913. The average Bonchev–Trinajstić information content (AvgIpc) is 3.40. The van der Waals surface area contributed by atoms with Gasteiger partial charge in [-0.2, -0.15) is 0 Å². The highest BCUT2D eigenvalue weighted by atomic mass is 32.1. The standard InChI is InChI=1S/C19H22N4OS2/c1-3-13(14-7-6-10-25-14)22-17-15-12(2)16(26-18(15)21-11-20-17)19(24)23-8-4-5-9-23/h6-7,10-11,13H,3-5,8-9H2,1-2H3,(H,20,21,22)/t13-/m0/s1. The Morgan fingerprint density at radius 3 is 2.85 bits per heavy atom. The first-order valence-corrected chi connectivity index (χ1v) is 10.7. The van der Waals surface area contributed by atoms with Crippen LogP contribution >= 0.6 is 22.7 Å². The van der Waals surface area contributed by atoms with Crippen molar-refractivity contribution in [3.63, 3.8) is 0 Å². The van der Waals surface area contributed by atoms with Crippen LogP contribution in [0.3, 0.4) is 0 Å². The highest BCUT2D eigenvalue weighted by Crippen LogP contribution is 2.36. The summed E-state index contributed by atoms with van der Waals surface area (Å²) in [6.07, 6.45) is 4.75. The molecule has 1 saturated heterocycles. The largest absolute Gasteiger partial charge is 0.362 e. The van der Waals surface area contributed by atoms with Crippen molar-refractivity contribution in [1.82, 2.24) is 14.9 Å². The van der Waals surface area contributed by atoms with E-state index in [1.54, 1.807) is 17.7 Å². The van der Waals surface area contributed by atoms with Crippen molar-refractivity contribution in [2.45, 2.75) is 39.2 Å². The van der Waals surface area contributed by atoms with Crippen molar-refractivity contribution in [3.8, 4) is 0 Å². The second kappa shape index (κ2) is 7.32. The van der Waals surface area contributed by atoms with Crippen LogP contribution in [0.25, 0.3) is 10.2 Å². The molecule has 0 saturated carbocycles. The smallest absolute Gasteiger partial charge is 0.264 e. The summed E-state index contributed by atoms with van der Waals surface area (Å²) >= 11 is 3.23. The zero-order chi connectivity index (χ0) is 18.1. The normalized spacial score (nSPS) is 15.5. The second-order valence-corrected chi connectivity index (χ2v) is 8.56. The van der Waals surface area contributed by atoms with E-state index < -0.39 is 0 Å². The van der Waals surface area contributed by atoms with E-state index in [0.29, 0.717) is 0 Å². The summed E-state index contributed by atoms with van der Waals surface area (Å²) in [7, 11) is 0. The minimum Gasteiger partial charge on any atom is -0.362 e. The molecule has 4 heterocycles. The third-order valence-corrected chi connectivity index (χ3v) is 7.09. The van der Waals surface area contributed by atoms with Crippen LogP contribution in [0.1, 0.15) is 52.3 Å². The van der Waals surface area contributed by atoms with Gasteiger partial charge in [-0.15, -0.1) is 22.7 Å². The first-order chi connectivity index (χ1) is 12.7. The number of amides is 1. The summed E-state index contributed by atoms with van der Waals surface area (Å²) in [5.74, 6) is 0.962. The number of rotatable bonds is 5. The topological polar surface area (TPSA) is 58.1 Å². The Hall–Kier alpha value is -1.99. The first kappa shape index (κ1) is 17.4. The molecule has 4 rings (SSSR count). The van der Waals surface area contributed by atoms with Gasteiger partial charge in [0.1, 0.15) is 17.0 Å². The summed E-state index contributed by atoms with van der Waals surface area (Å²) in [4.78, 5) is 26.7. The van der Waals surface area contributed by atoms with Gasteiger partial charge in [0.15, 0.2) is 0 Å². The molecule has 1 fully saturated rings. The molecule has 1 aliphatic rings. The van der Waals surface area contributed by atoms with Crippen LogP contribution in [0.4, 0.5) is 5.82 Å². The number of hydrogen-bond acceptors (Lipinski definition) is 6. The lowest BCUT2D eigenvalue weighted by molar-refractivity contribution is 0.0797. The van der Waals surface area contributed by atoms with Crippen molar-refractivity contribution >= 4 is 44.6 Å². The van der Waals surface area contributed by atoms with Crippen LogP contribution in [-0.4, -0.2) is 33.9 Å². The molecule has 1 atom stereocenters. The average molecular weight is 387 g/mol. The molecule has 0 bridgehead atoms. The molecule has 0 aromatic carbocycles. The van der Waals surface area contributed by atoms with E-state index in [1.807, 2.05) is 11.8 Å². The molecule has 1 aliphatic heterocycles. The zero-order valence-corrected chi connectivity index (χ0v) is 16.6. The monoisotopic (exact) mass is 386 g/mol. The lowest BCUT2D eigenvalue weighted by Crippen LogP contribution is -2.27. The Kier molecular flexibility index (Phi) is 4.91.